The van der Waals surface area contributed by atoms with E-state index in [0.717, 1.165) is 18.8 Å². The first kappa shape index (κ1) is 25.0. The van der Waals surface area contributed by atoms with Gasteiger partial charge >= 0.3 is 0 Å². The van der Waals surface area contributed by atoms with E-state index in [1.807, 2.05) is 25.3 Å². The molecule has 1 aliphatic carbocycles. The Hall–Kier alpha value is -2.68. The Bertz CT molecular complexity index is 869. The highest BCUT2D eigenvalue weighted by molar-refractivity contribution is 6.01. The second-order valence-corrected chi connectivity index (χ2v) is 8.88. The lowest BCUT2D eigenvalue weighted by molar-refractivity contribution is 0.0172. The largest absolute Gasteiger partial charge is 0.399 e. The van der Waals surface area contributed by atoms with Crippen molar-refractivity contribution in [3.05, 3.63) is 47.8 Å². The highest BCUT2D eigenvalue weighted by atomic mass is 16.5. The zero-order valence-corrected chi connectivity index (χ0v) is 19.6. The molecule has 3 rings (SSSR count). The number of likely N-dealkylation sites (N-methyl/N-ethyl adjacent to an activating group) is 1. The van der Waals surface area contributed by atoms with Crippen molar-refractivity contribution >= 4 is 24.0 Å². The van der Waals surface area contributed by atoms with E-state index in [1.54, 1.807) is 18.2 Å². The summed E-state index contributed by atoms with van der Waals surface area (Å²) in [6.45, 7) is 6.53. The maximum atomic E-state index is 13.1. The van der Waals surface area contributed by atoms with Crippen molar-refractivity contribution in [2.24, 2.45) is 10.4 Å². The number of aliphatic hydroxyl groups is 1. The molecule has 1 aromatic carbocycles. The maximum absolute atomic E-state index is 13.1. The predicted octanol–water partition coefficient (Wildman–Crippen LogP) is 2.46. The molecule has 1 atom stereocenters. The maximum Gasteiger partial charge on any atom is 0.258 e. The minimum absolute atomic E-state index is 0.0214. The van der Waals surface area contributed by atoms with Crippen LogP contribution in [0, 0.1) is 5.41 Å². The monoisotopic (exact) mass is 455 g/mol. The summed E-state index contributed by atoms with van der Waals surface area (Å²) in [6.07, 6.45) is 10.9. The molecule has 1 spiro atoms. The molecule has 1 saturated heterocycles. The third kappa shape index (κ3) is 7.15. The second kappa shape index (κ2) is 12.0. The van der Waals surface area contributed by atoms with Crippen molar-refractivity contribution in [3.63, 3.8) is 0 Å². The Balaban J connectivity index is 1.57. The van der Waals surface area contributed by atoms with Gasteiger partial charge in [-0.3, -0.25) is 4.79 Å². The number of nitrogens with two attached hydrogens (primary N) is 1. The van der Waals surface area contributed by atoms with E-state index in [0.29, 0.717) is 42.1 Å². The standard InChI is InChI=1S/C25H37N5O3/c1-27-17-20(18-31)33-15-5-3-4-6-23(28-2)29-24(32)21-8-7-19(26)16-22(21)30-13-11-25(9-10-25)12-14-30/h3-4,6-8,16,20,27,31H,2,5,9-15,17-18,26H2,1H3,(H,29,32)/b4-3-,23-6+. The molecular formula is C25H37N5O3. The Labute approximate surface area is 196 Å². The first-order valence-corrected chi connectivity index (χ1v) is 11.7. The molecular weight excluding hydrogens is 418 g/mol. The highest BCUT2D eigenvalue weighted by Crippen LogP contribution is 2.54. The summed E-state index contributed by atoms with van der Waals surface area (Å²) in [7, 11) is 1.82. The highest BCUT2D eigenvalue weighted by Gasteiger charge is 2.44. The van der Waals surface area contributed by atoms with E-state index in [-0.39, 0.29) is 18.6 Å². The minimum Gasteiger partial charge on any atom is -0.399 e. The van der Waals surface area contributed by atoms with Gasteiger partial charge in [0.1, 0.15) is 5.82 Å². The number of nitrogen functional groups attached to an aromatic ring is 1. The number of hydrogen-bond donors (Lipinski definition) is 4. The summed E-state index contributed by atoms with van der Waals surface area (Å²) >= 11 is 0. The zero-order valence-electron chi connectivity index (χ0n) is 19.6. The summed E-state index contributed by atoms with van der Waals surface area (Å²) in [6, 6.07) is 5.42. The van der Waals surface area contributed by atoms with Crippen molar-refractivity contribution in [1.82, 2.24) is 10.6 Å². The fraction of sp³-hybridized carbons (Fsp3) is 0.520. The van der Waals surface area contributed by atoms with E-state index in [2.05, 4.69) is 27.2 Å². The number of nitrogens with zero attached hydrogens (tertiary/aromatic N) is 2. The van der Waals surface area contributed by atoms with E-state index in [4.69, 9.17) is 10.5 Å². The molecule has 2 aliphatic rings. The van der Waals surface area contributed by atoms with E-state index < -0.39 is 0 Å². The van der Waals surface area contributed by atoms with E-state index in [9.17, 15) is 9.90 Å². The number of benzene rings is 1. The SMILES string of the molecule is C=N/C(=C\C=C/CCOC(CO)CNC)NC(=O)c1ccc(N)cc1N1CCC2(CC1)CC2. The summed E-state index contributed by atoms with van der Waals surface area (Å²) in [5.74, 6) is 0.142. The van der Waals surface area contributed by atoms with Crippen molar-refractivity contribution in [1.29, 1.82) is 0 Å². The van der Waals surface area contributed by atoms with Crippen LogP contribution < -0.4 is 21.3 Å². The third-order valence-corrected chi connectivity index (χ3v) is 6.46. The molecule has 0 aromatic heterocycles. The lowest BCUT2D eigenvalue weighted by Gasteiger charge is -2.35. The number of aliphatic hydroxyl groups excluding tert-OH is 1. The van der Waals surface area contributed by atoms with E-state index in [1.165, 1.54) is 25.7 Å². The number of carbonyl (C=O) groups excluding carboxylic acids is 1. The number of allylic oxidation sites excluding steroid dienone is 2. The van der Waals surface area contributed by atoms with Gasteiger partial charge in [0.25, 0.3) is 5.91 Å². The lowest BCUT2D eigenvalue weighted by Crippen LogP contribution is -2.36. The Morgan fingerprint density at radius 3 is 2.76 bits per heavy atom. The molecule has 33 heavy (non-hydrogen) atoms. The molecule has 180 valence electrons. The van der Waals surface area contributed by atoms with Crippen LogP contribution in [-0.2, 0) is 4.74 Å². The van der Waals surface area contributed by atoms with Gasteiger partial charge in [-0.1, -0.05) is 12.2 Å². The van der Waals surface area contributed by atoms with Crippen molar-refractivity contribution in [2.45, 2.75) is 38.2 Å². The van der Waals surface area contributed by atoms with Crippen LogP contribution in [0.4, 0.5) is 11.4 Å². The molecule has 8 nitrogen and oxygen atoms in total. The fourth-order valence-corrected chi connectivity index (χ4v) is 4.18. The predicted molar refractivity (Wildman–Crippen MR) is 134 cm³/mol. The number of amides is 1. The van der Waals surface area contributed by atoms with Gasteiger partial charge < -0.3 is 31.1 Å². The molecule has 8 heteroatoms. The molecule has 0 bridgehead atoms. The van der Waals surface area contributed by atoms with E-state index >= 15 is 0 Å². The molecule has 1 saturated carbocycles. The Morgan fingerprint density at radius 1 is 1.36 bits per heavy atom. The van der Waals surface area contributed by atoms with Gasteiger partial charge in [-0.25, -0.2) is 4.99 Å². The molecule has 2 fully saturated rings. The lowest BCUT2D eigenvalue weighted by atomic mass is 9.93. The molecule has 1 amide bonds. The number of carbonyl (C=O) groups is 1. The van der Waals surface area contributed by atoms with Gasteiger partial charge in [0.05, 0.1) is 30.6 Å². The topological polar surface area (TPSA) is 112 Å². The quantitative estimate of drug-likeness (QED) is 0.167. The average molecular weight is 456 g/mol. The molecule has 5 N–H and O–H groups in total. The number of nitrogens with one attached hydrogen (secondary N) is 2. The van der Waals surface area contributed by atoms with Crippen LogP contribution >= 0.6 is 0 Å². The fourth-order valence-electron chi connectivity index (χ4n) is 4.18. The van der Waals surface area contributed by atoms with Crippen LogP contribution in [-0.4, -0.2) is 63.7 Å². The smallest absolute Gasteiger partial charge is 0.258 e. The van der Waals surface area contributed by atoms with Gasteiger partial charge in [-0.2, -0.15) is 0 Å². The van der Waals surface area contributed by atoms with Crippen LogP contribution in [0.3, 0.4) is 0 Å². The molecule has 0 radical (unpaired) electrons. The molecule has 1 aliphatic heterocycles. The van der Waals surface area contributed by atoms with Crippen LogP contribution in [0.5, 0.6) is 0 Å². The van der Waals surface area contributed by atoms with Crippen molar-refractivity contribution in [2.75, 3.05) is 50.5 Å². The molecule has 1 unspecified atom stereocenters. The second-order valence-electron chi connectivity index (χ2n) is 8.88. The Kier molecular flexibility index (Phi) is 9.05. The number of aliphatic imine (C=N–C) groups is 1. The third-order valence-electron chi connectivity index (χ3n) is 6.46. The zero-order chi connectivity index (χ0) is 23.7. The van der Waals surface area contributed by atoms with Crippen molar-refractivity contribution in [3.8, 4) is 0 Å². The Morgan fingerprint density at radius 2 is 2.12 bits per heavy atom. The first-order chi connectivity index (χ1) is 16.0. The van der Waals surface area contributed by atoms with Gasteiger partial charge in [0.15, 0.2) is 0 Å². The van der Waals surface area contributed by atoms with Gasteiger partial charge in [0.2, 0.25) is 0 Å². The number of piperidine rings is 1. The normalized spacial score (nSPS) is 18.5. The molecule has 1 heterocycles. The molecule has 1 aromatic rings. The van der Waals surface area contributed by atoms with Crippen LogP contribution in [0.2, 0.25) is 0 Å². The van der Waals surface area contributed by atoms with Gasteiger partial charge in [-0.05, 0) is 75.6 Å². The number of ether oxygens (including phenoxy) is 1. The summed E-state index contributed by atoms with van der Waals surface area (Å²) in [5, 5.41) is 15.0. The summed E-state index contributed by atoms with van der Waals surface area (Å²) < 4.78 is 5.58. The number of rotatable bonds is 12. The van der Waals surface area contributed by atoms with Gasteiger partial charge in [-0.15, -0.1) is 0 Å². The first-order valence-electron chi connectivity index (χ1n) is 11.7. The average Bonchev–Trinajstić information content (AvgIpc) is 3.58. The summed E-state index contributed by atoms with van der Waals surface area (Å²) in [5.41, 5.74) is 8.71. The van der Waals surface area contributed by atoms with Crippen molar-refractivity contribution < 1.29 is 14.6 Å². The number of hydrogen-bond acceptors (Lipinski definition) is 7. The van der Waals surface area contributed by atoms with Crippen LogP contribution in [0.25, 0.3) is 0 Å². The number of anilines is 2. The summed E-state index contributed by atoms with van der Waals surface area (Å²) in [4.78, 5) is 19.3. The van der Waals surface area contributed by atoms with Gasteiger partial charge in [0, 0.05) is 25.3 Å². The minimum atomic E-state index is -0.232. The van der Waals surface area contributed by atoms with Crippen LogP contribution in [0.1, 0.15) is 42.5 Å². The van der Waals surface area contributed by atoms with Crippen LogP contribution in [0.15, 0.2) is 47.2 Å².